The minimum atomic E-state index is -0.750. The van der Waals surface area contributed by atoms with Gasteiger partial charge in [-0.05, 0) is 29.4 Å². The Morgan fingerprint density at radius 3 is 2.33 bits per heavy atom. The van der Waals surface area contributed by atoms with Crippen LogP contribution in [0.3, 0.4) is 0 Å². The molecule has 1 aliphatic carbocycles. The van der Waals surface area contributed by atoms with Gasteiger partial charge in [0, 0.05) is 0 Å². The Morgan fingerprint density at radius 2 is 1.72 bits per heavy atom. The molecule has 0 saturated heterocycles. The van der Waals surface area contributed by atoms with Crippen LogP contribution in [0.15, 0.2) is 48.6 Å². The zero-order valence-corrected chi connectivity index (χ0v) is 11.5. The first-order valence-corrected chi connectivity index (χ1v) is 6.71. The molecule has 0 N–H and O–H groups in total. The fourth-order valence-corrected chi connectivity index (χ4v) is 1.89. The van der Waals surface area contributed by atoms with Gasteiger partial charge in [0.2, 0.25) is 0 Å². The molecule has 1 aromatic carbocycles. The van der Waals surface area contributed by atoms with Crippen molar-refractivity contribution in [1.82, 2.24) is 0 Å². The largest absolute Gasteiger partial charge is 0.335 e. The van der Waals surface area contributed by atoms with Crippen molar-refractivity contribution in [2.75, 3.05) is 0 Å². The molecule has 0 aliphatic heterocycles. The lowest BCUT2D eigenvalue weighted by molar-refractivity contribution is 0.468. The van der Waals surface area contributed by atoms with Crippen molar-refractivity contribution >= 4 is 17.1 Å². The van der Waals surface area contributed by atoms with Crippen molar-refractivity contribution in [3.63, 3.8) is 0 Å². The summed E-state index contributed by atoms with van der Waals surface area (Å²) in [5.41, 5.74) is 2.70. The first-order chi connectivity index (χ1) is 8.69. The monoisotopic (exact) mass is 262 g/mol. The first kappa shape index (κ1) is 14.6. The summed E-state index contributed by atoms with van der Waals surface area (Å²) in [7, 11) is 0. The Morgan fingerprint density at radius 1 is 1.11 bits per heavy atom. The van der Waals surface area contributed by atoms with Crippen molar-refractivity contribution < 1.29 is 8.42 Å². The van der Waals surface area contributed by atoms with E-state index in [4.69, 9.17) is 8.42 Å². The Kier molecular flexibility index (Phi) is 6.29. The molecule has 0 spiro atoms. The fourth-order valence-electron chi connectivity index (χ4n) is 1.89. The van der Waals surface area contributed by atoms with Crippen LogP contribution < -0.4 is 0 Å². The zero-order chi connectivity index (χ0) is 13.4. The van der Waals surface area contributed by atoms with Crippen LogP contribution in [-0.2, 0) is 11.6 Å². The highest BCUT2D eigenvalue weighted by Crippen LogP contribution is 2.26. The summed E-state index contributed by atoms with van der Waals surface area (Å²) in [6, 6.07) is 10.6. The number of benzene rings is 1. The maximum atomic E-state index is 8.29. The highest BCUT2D eigenvalue weighted by Gasteiger charge is 2.11. The van der Waals surface area contributed by atoms with E-state index < -0.39 is 11.6 Å². The van der Waals surface area contributed by atoms with Gasteiger partial charge in [0.05, 0.1) is 0 Å². The fraction of sp³-hybridized carbons (Fsp3) is 0.333. The van der Waals surface area contributed by atoms with Gasteiger partial charge in [-0.2, -0.15) is 8.42 Å². The summed E-state index contributed by atoms with van der Waals surface area (Å²) < 4.78 is 16.6. The van der Waals surface area contributed by atoms with Gasteiger partial charge in [0.15, 0.2) is 0 Å². The lowest BCUT2D eigenvalue weighted by Gasteiger charge is -2.11. The molecule has 0 unspecified atom stereocenters. The van der Waals surface area contributed by atoms with Gasteiger partial charge in [0.25, 0.3) is 0 Å². The SMILES string of the molecule is C[C@H]1C=CC(c2ccccc2)=CC[C@@H]1C.O=S=O. The van der Waals surface area contributed by atoms with E-state index in [1.807, 2.05) is 0 Å². The molecule has 1 aromatic rings. The molecule has 2 atom stereocenters. The quantitative estimate of drug-likeness (QED) is 0.774. The molecule has 0 heterocycles. The average Bonchev–Trinajstić information content (AvgIpc) is 2.55. The number of hydrogen-bond donors (Lipinski definition) is 0. The summed E-state index contributed by atoms with van der Waals surface area (Å²) in [6.45, 7) is 4.61. The molecular weight excluding hydrogens is 244 g/mol. The summed E-state index contributed by atoms with van der Waals surface area (Å²) in [4.78, 5) is 0. The molecular formula is C15H18O2S. The summed E-state index contributed by atoms with van der Waals surface area (Å²) in [5.74, 6) is 1.44. The van der Waals surface area contributed by atoms with E-state index >= 15 is 0 Å². The predicted octanol–water partition coefficient (Wildman–Crippen LogP) is 3.63. The molecule has 0 amide bonds. The second kappa shape index (κ2) is 7.77. The lowest BCUT2D eigenvalue weighted by atomic mass is 9.94. The molecule has 0 radical (unpaired) electrons. The Bertz CT molecular complexity index is 457. The third-order valence-electron chi connectivity index (χ3n) is 3.29. The van der Waals surface area contributed by atoms with Gasteiger partial charge >= 0.3 is 11.6 Å². The minimum absolute atomic E-state index is 0.683. The summed E-state index contributed by atoms with van der Waals surface area (Å²) in [6.07, 6.45) is 8.14. The van der Waals surface area contributed by atoms with Crippen molar-refractivity contribution in [1.29, 1.82) is 0 Å². The standard InChI is InChI=1S/C15H18.O2S/c1-12-8-10-15(11-9-13(12)2)14-6-4-3-5-7-14;1-3-2/h3-8,10-13H,9H2,1-2H3;/t12-,13-;/m0./s1. The van der Waals surface area contributed by atoms with Gasteiger partial charge in [0.1, 0.15) is 0 Å². The predicted molar refractivity (Wildman–Crippen MR) is 75.4 cm³/mol. The Labute approximate surface area is 112 Å². The van der Waals surface area contributed by atoms with E-state index in [1.54, 1.807) is 0 Å². The van der Waals surface area contributed by atoms with Crippen LogP contribution in [-0.4, -0.2) is 8.42 Å². The minimum Gasteiger partial charge on any atom is -0.168 e. The topological polar surface area (TPSA) is 34.1 Å². The van der Waals surface area contributed by atoms with Gasteiger partial charge < -0.3 is 0 Å². The Hall–Kier alpha value is -1.48. The molecule has 0 saturated carbocycles. The third-order valence-corrected chi connectivity index (χ3v) is 3.29. The molecule has 0 aromatic heterocycles. The van der Waals surface area contributed by atoms with Crippen LogP contribution >= 0.6 is 0 Å². The first-order valence-electron chi connectivity index (χ1n) is 6.04. The van der Waals surface area contributed by atoms with Crippen LogP contribution in [0, 0.1) is 11.8 Å². The molecule has 1 aliphatic rings. The molecule has 96 valence electrons. The number of allylic oxidation sites excluding steroid dienone is 4. The van der Waals surface area contributed by atoms with Crippen molar-refractivity contribution in [3.8, 4) is 0 Å². The highest BCUT2D eigenvalue weighted by atomic mass is 32.1. The molecule has 18 heavy (non-hydrogen) atoms. The van der Waals surface area contributed by atoms with E-state index in [-0.39, 0.29) is 0 Å². The van der Waals surface area contributed by atoms with E-state index in [1.165, 1.54) is 17.6 Å². The van der Waals surface area contributed by atoms with E-state index in [0.717, 1.165) is 5.92 Å². The van der Waals surface area contributed by atoms with Gasteiger partial charge in [-0.1, -0.05) is 62.4 Å². The molecule has 3 heteroatoms. The summed E-state index contributed by atoms with van der Waals surface area (Å²) in [5, 5.41) is 0. The normalized spacial score (nSPS) is 22.2. The molecule has 2 nitrogen and oxygen atoms in total. The van der Waals surface area contributed by atoms with Crippen LogP contribution in [0.5, 0.6) is 0 Å². The van der Waals surface area contributed by atoms with Gasteiger partial charge in [-0.3, -0.25) is 0 Å². The third kappa shape index (κ3) is 4.41. The van der Waals surface area contributed by atoms with Gasteiger partial charge in [-0.25, -0.2) is 0 Å². The number of rotatable bonds is 1. The molecule has 0 bridgehead atoms. The molecule has 2 rings (SSSR count). The maximum Gasteiger partial charge on any atom is 0.335 e. The molecule has 0 fully saturated rings. The average molecular weight is 262 g/mol. The summed E-state index contributed by atoms with van der Waals surface area (Å²) >= 11 is -0.750. The highest BCUT2D eigenvalue weighted by molar-refractivity contribution is 7.51. The van der Waals surface area contributed by atoms with Crippen LogP contribution in [0.2, 0.25) is 0 Å². The van der Waals surface area contributed by atoms with Crippen molar-refractivity contribution in [2.45, 2.75) is 20.3 Å². The van der Waals surface area contributed by atoms with Crippen molar-refractivity contribution in [2.24, 2.45) is 11.8 Å². The second-order valence-electron chi connectivity index (χ2n) is 4.52. The Balaban J connectivity index is 0.000000492. The second-order valence-corrected chi connectivity index (χ2v) is 4.66. The zero-order valence-electron chi connectivity index (χ0n) is 10.7. The van der Waals surface area contributed by atoms with E-state index in [2.05, 4.69) is 62.4 Å². The maximum absolute atomic E-state index is 8.29. The number of hydrogen-bond acceptors (Lipinski definition) is 2. The van der Waals surface area contributed by atoms with Crippen LogP contribution in [0.25, 0.3) is 5.57 Å². The van der Waals surface area contributed by atoms with Crippen LogP contribution in [0.1, 0.15) is 25.8 Å². The van der Waals surface area contributed by atoms with Gasteiger partial charge in [-0.15, -0.1) is 0 Å². The lowest BCUT2D eigenvalue weighted by Crippen LogP contribution is -2.01. The van der Waals surface area contributed by atoms with E-state index in [0.29, 0.717) is 5.92 Å². The van der Waals surface area contributed by atoms with E-state index in [9.17, 15) is 0 Å². The van der Waals surface area contributed by atoms with Crippen LogP contribution in [0.4, 0.5) is 0 Å². The smallest absolute Gasteiger partial charge is 0.168 e. The van der Waals surface area contributed by atoms with Crippen molar-refractivity contribution in [3.05, 3.63) is 54.1 Å².